The molecule has 3 heterocycles. The molecule has 0 bridgehead atoms. The van der Waals surface area contributed by atoms with Crippen molar-refractivity contribution in [3.63, 3.8) is 0 Å². The fourth-order valence-corrected chi connectivity index (χ4v) is 2.05. The Morgan fingerprint density at radius 2 is 2.06 bits per heavy atom. The molecular formula is C13H12FN3O. The molecule has 0 spiro atoms. The molecule has 0 unspecified atom stereocenters. The molecule has 0 saturated carbocycles. The number of nitrogens with zero attached hydrogens (tertiary/aromatic N) is 3. The molecule has 2 aromatic rings. The first-order chi connectivity index (χ1) is 8.66. The van der Waals surface area contributed by atoms with Crippen LogP contribution in [0.3, 0.4) is 0 Å². The van der Waals surface area contributed by atoms with Gasteiger partial charge in [-0.15, -0.1) is 0 Å². The summed E-state index contributed by atoms with van der Waals surface area (Å²) in [4.78, 5) is 17.7. The highest BCUT2D eigenvalue weighted by atomic mass is 19.1. The van der Waals surface area contributed by atoms with Crippen LogP contribution in [0.1, 0.15) is 16.1 Å². The minimum absolute atomic E-state index is 0.107. The number of amides is 1. The van der Waals surface area contributed by atoms with Gasteiger partial charge < -0.3 is 4.90 Å². The van der Waals surface area contributed by atoms with Crippen LogP contribution in [-0.4, -0.2) is 33.3 Å². The van der Waals surface area contributed by atoms with Crippen LogP contribution in [0.4, 0.5) is 4.39 Å². The van der Waals surface area contributed by atoms with Crippen molar-refractivity contribution in [1.82, 2.24) is 14.3 Å². The number of aryl methyl sites for hydroxylation is 1. The van der Waals surface area contributed by atoms with Crippen molar-refractivity contribution in [2.75, 3.05) is 13.1 Å². The van der Waals surface area contributed by atoms with Crippen LogP contribution >= 0.6 is 0 Å². The Hall–Kier alpha value is -2.17. The Labute approximate surface area is 103 Å². The number of imidazole rings is 1. The van der Waals surface area contributed by atoms with E-state index >= 15 is 0 Å². The summed E-state index contributed by atoms with van der Waals surface area (Å²) in [6.45, 7) is 2.90. The van der Waals surface area contributed by atoms with E-state index in [9.17, 15) is 9.18 Å². The number of carbonyl (C=O) groups excluding carboxylic acids is 1. The number of fused-ring (bicyclic) bond motifs is 1. The number of pyridine rings is 1. The summed E-state index contributed by atoms with van der Waals surface area (Å²) in [5.41, 5.74) is 1.26. The summed E-state index contributed by atoms with van der Waals surface area (Å²) in [6.07, 6.45) is 5.40. The monoisotopic (exact) mass is 245 g/mol. The van der Waals surface area contributed by atoms with E-state index in [2.05, 4.69) is 4.98 Å². The van der Waals surface area contributed by atoms with Gasteiger partial charge in [0.2, 0.25) is 5.95 Å². The van der Waals surface area contributed by atoms with Crippen LogP contribution in [0, 0.1) is 12.9 Å². The van der Waals surface area contributed by atoms with Crippen LogP contribution in [0.5, 0.6) is 0 Å². The third kappa shape index (κ3) is 1.59. The smallest absolute Gasteiger partial charge is 0.277 e. The second-order valence-electron chi connectivity index (χ2n) is 4.37. The standard InChI is InChI=1S/C13H12FN3O/c1-9-4-5-10-15-11(12(14)17(10)8-9)13(18)16-6-2-3-7-16/h2-5,8H,6-7H2,1H3. The molecule has 0 aliphatic carbocycles. The van der Waals surface area contributed by atoms with E-state index in [0.717, 1.165) is 5.56 Å². The van der Waals surface area contributed by atoms with Crippen molar-refractivity contribution >= 4 is 11.6 Å². The molecule has 0 aromatic carbocycles. The van der Waals surface area contributed by atoms with Crippen molar-refractivity contribution in [1.29, 1.82) is 0 Å². The second kappa shape index (κ2) is 3.94. The molecule has 5 heteroatoms. The number of hydrogen-bond acceptors (Lipinski definition) is 2. The molecule has 2 aromatic heterocycles. The Morgan fingerprint density at radius 1 is 1.33 bits per heavy atom. The van der Waals surface area contributed by atoms with Gasteiger partial charge in [-0.1, -0.05) is 18.2 Å². The Balaban J connectivity index is 2.06. The average molecular weight is 245 g/mol. The third-order valence-corrected chi connectivity index (χ3v) is 3.02. The zero-order valence-electron chi connectivity index (χ0n) is 9.93. The van der Waals surface area contributed by atoms with E-state index in [1.807, 2.05) is 25.1 Å². The first-order valence-corrected chi connectivity index (χ1v) is 5.75. The van der Waals surface area contributed by atoms with Crippen molar-refractivity contribution in [3.8, 4) is 0 Å². The van der Waals surface area contributed by atoms with Gasteiger partial charge >= 0.3 is 0 Å². The maximum Gasteiger partial charge on any atom is 0.277 e. The lowest BCUT2D eigenvalue weighted by molar-refractivity contribution is 0.0789. The quantitative estimate of drug-likeness (QED) is 0.718. The summed E-state index contributed by atoms with van der Waals surface area (Å²) in [5, 5.41) is 0. The molecule has 18 heavy (non-hydrogen) atoms. The van der Waals surface area contributed by atoms with Gasteiger partial charge in [0.15, 0.2) is 5.69 Å². The van der Waals surface area contributed by atoms with Gasteiger partial charge in [-0.2, -0.15) is 4.39 Å². The van der Waals surface area contributed by atoms with E-state index in [-0.39, 0.29) is 11.6 Å². The predicted molar refractivity (Wildman–Crippen MR) is 64.9 cm³/mol. The van der Waals surface area contributed by atoms with Gasteiger partial charge in [0.25, 0.3) is 5.91 Å². The van der Waals surface area contributed by atoms with E-state index in [1.165, 1.54) is 4.40 Å². The normalized spacial score (nSPS) is 14.7. The lowest BCUT2D eigenvalue weighted by atomic mass is 10.3. The van der Waals surface area contributed by atoms with Gasteiger partial charge in [-0.25, -0.2) is 4.98 Å². The van der Waals surface area contributed by atoms with E-state index < -0.39 is 5.95 Å². The molecule has 4 nitrogen and oxygen atoms in total. The van der Waals surface area contributed by atoms with Gasteiger partial charge in [-0.3, -0.25) is 9.20 Å². The fraction of sp³-hybridized carbons (Fsp3) is 0.231. The number of rotatable bonds is 1. The molecule has 1 aliphatic rings. The van der Waals surface area contributed by atoms with E-state index in [0.29, 0.717) is 18.7 Å². The molecule has 0 N–H and O–H groups in total. The van der Waals surface area contributed by atoms with E-state index in [4.69, 9.17) is 0 Å². The van der Waals surface area contributed by atoms with Crippen LogP contribution in [0.25, 0.3) is 5.65 Å². The van der Waals surface area contributed by atoms with Crippen molar-refractivity contribution in [2.45, 2.75) is 6.92 Å². The van der Waals surface area contributed by atoms with Gasteiger partial charge in [0, 0.05) is 19.3 Å². The molecule has 0 fully saturated rings. The molecule has 0 atom stereocenters. The lowest BCUT2D eigenvalue weighted by Crippen LogP contribution is -2.29. The first kappa shape index (κ1) is 11.0. The van der Waals surface area contributed by atoms with Crippen LogP contribution in [0.2, 0.25) is 0 Å². The molecule has 3 rings (SSSR count). The second-order valence-corrected chi connectivity index (χ2v) is 4.37. The molecule has 1 aliphatic heterocycles. The first-order valence-electron chi connectivity index (χ1n) is 5.75. The molecular weight excluding hydrogens is 233 g/mol. The summed E-state index contributed by atoms with van der Waals surface area (Å²) >= 11 is 0. The Morgan fingerprint density at radius 3 is 2.78 bits per heavy atom. The molecule has 1 amide bonds. The maximum absolute atomic E-state index is 14.1. The summed E-state index contributed by atoms with van der Waals surface area (Å²) in [6, 6.07) is 3.55. The minimum atomic E-state index is -0.592. The van der Waals surface area contributed by atoms with Crippen LogP contribution in [-0.2, 0) is 0 Å². The zero-order valence-corrected chi connectivity index (χ0v) is 9.93. The lowest BCUT2D eigenvalue weighted by Gasteiger charge is -2.12. The van der Waals surface area contributed by atoms with Gasteiger partial charge in [0.1, 0.15) is 5.65 Å². The summed E-state index contributed by atoms with van der Waals surface area (Å²) in [5.74, 6) is -0.954. The van der Waals surface area contributed by atoms with Crippen LogP contribution < -0.4 is 0 Å². The third-order valence-electron chi connectivity index (χ3n) is 3.02. The highest BCUT2D eigenvalue weighted by Gasteiger charge is 2.24. The largest absolute Gasteiger partial charge is 0.330 e. The van der Waals surface area contributed by atoms with Crippen molar-refractivity contribution in [2.24, 2.45) is 0 Å². The summed E-state index contributed by atoms with van der Waals surface area (Å²) < 4.78 is 15.5. The minimum Gasteiger partial charge on any atom is -0.330 e. The zero-order chi connectivity index (χ0) is 12.7. The van der Waals surface area contributed by atoms with Crippen molar-refractivity contribution < 1.29 is 9.18 Å². The highest BCUT2D eigenvalue weighted by Crippen LogP contribution is 2.15. The molecule has 92 valence electrons. The maximum atomic E-state index is 14.1. The van der Waals surface area contributed by atoms with Crippen molar-refractivity contribution in [3.05, 3.63) is 47.7 Å². The topological polar surface area (TPSA) is 37.6 Å². The van der Waals surface area contributed by atoms with E-state index in [1.54, 1.807) is 17.2 Å². The Bertz CT molecular complexity index is 652. The Kier molecular flexibility index (Phi) is 2.40. The van der Waals surface area contributed by atoms with Gasteiger partial charge in [-0.05, 0) is 18.6 Å². The number of aromatic nitrogens is 2. The van der Waals surface area contributed by atoms with Crippen LogP contribution in [0.15, 0.2) is 30.5 Å². The highest BCUT2D eigenvalue weighted by molar-refractivity contribution is 5.93. The SMILES string of the molecule is Cc1ccc2nc(C(=O)N3CC=CC3)c(F)n2c1. The number of hydrogen-bond donors (Lipinski definition) is 0. The number of carbonyl (C=O) groups is 1. The molecule has 0 saturated heterocycles. The average Bonchev–Trinajstić information content (AvgIpc) is 2.98. The van der Waals surface area contributed by atoms with Gasteiger partial charge in [0.05, 0.1) is 0 Å². The summed E-state index contributed by atoms with van der Waals surface area (Å²) in [7, 11) is 0. The molecule has 0 radical (unpaired) electrons. The predicted octanol–water partition coefficient (Wildman–Crippen LogP) is 1.79. The fourth-order valence-electron chi connectivity index (χ4n) is 2.05. The number of halogens is 1.